The quantitative estimate of drug-likeness (QED) is 0.687. The predicted octanol–water partition coefficient (Wildman–Crippen LogP) is 2.36. The highest BCUT2D eigenvalue weighted by molar-refractivity contribution is 5.96. The monoisotopic (exact) mass is 308 g/mol. The first-order chi connectivity index (χ1) is 10.5. The van der Waals surface area contributed by atoms with Gasteiger partial charge in [0.05, 0.1) is 5.56 Å². The van der Waals surface area contributed by atoms with Crippen LogP contribution < -0.4 is 5.73 Å². The van der Waals surface area contributed by atoms with Gasteiger partial charge < -0.3 is 15.4 Å². The summed E-state index contributed by atoms with van der Waals surface area (Å²) in [5, 5.41) is 0. The lowest BCUT2D eigenvalue weighted by Gasteiger charge is -2.24. The van der Waals surface area contributed by atoms with Gasteiger partial charge in [-0.25, -0.2) is 9.18 Å². The lowest BCUT2D eigenvalue weighted by molar-refractivity contribution is -0.139. The number of amides is 1. The number of carbonyl (C=O) groups excluding carboxylic acids is 2. The Labute approximate surface area is 129 Å². The van der Waals surface area contributed by atoms with Crippen molar-refractivity contribution in [2.45, 2.75) is 38.7 Å². The molecule has 0 spiro atoms. The summed E-state index contributed by atoms with van der Waals surface area (Å²) in [5.74, 6) is -1.44. The fourth-order valence-electron chi connectivity index (χ4n) is 2.54. The van der Waals surface area contributed by atoms with Gasteiger partial charge in [-0.3, -0.25) is 4.79 Å². The molecule has 0 bridgehead atoms. The fraction of sp³-hybridized carbons (Fsp3) is 0.500. The molecule has 0 radical (unpaired) electrons. The SMILES string of the molecule is CC(OC(=O)c1ccc(F)cc1N)C(=O)N1CCCCCC1. The largest absolute Gasteiger partial charge is 0.449 e. The molecular formula is C16H21FN2O3. The summed E-state index contributed by atoms with van der Waals surface area (Å²) in [5.41, 5.74) is 5.67. The second-order valence-corrected chi connectivity index (χ2v) is 5.52. The molecule has 2 N–H and O–H groups in total. The van der Waals surface area contributed by atoms with E-state index in [0.29, 0.717) is 13.1 Å². The van der Waals surface area contributed by atoms with Gasteiger partial charge in [0.1, 0.15) is 5.82 Å². The number of carbonyl (C=O) groups is 2. The van der Waals surface area contributed by atoms with Gasteiger partial charge in [-0.15, -0.1) is 0 Å². The van der Waals surface area contributed by atoms with Crippen molar-refractivity contribution in [1.82, 2.24) is 4.90 Å². The number of esters is 1. The number of benzene rings is 1. The number of likely N-dealkylation sites (tertiary alicyclic amines) is 1. The van der Waals surface area contributed by atoms with E-state index in [4.69, 9.17) is 10.5 Å². The maximum atomic E-state index is 13.0. The van der Waals surface area contributed by atoms with Crippen LogP contribution in [0.2, 0.25) is 0 Å². The Kier molecular flexibility index (Phi) is 5.35. The van der Waals surface area contributed by atoms with Crippen molar-refractivity contribution in [2.75, 3.05) is 18.8 Å². The zero-order chi connectivity index (χ0) is 16.1. The van der Waals surface area contributed by atoms with E-state index >= 15 is 0 Å². The number of halogens is 1. The number of hydrogen-bond donors (Lipinski definition) is 1. The van der Waals surface area contributed by atoms with Crippen molar-refractivity contribution in [3.8, 4) is 0 Å². The summed E-state index contributed by atoms with van der Waals surface area (Å²) in [7, 11) is 0. The van der Waals surface area contributed by atoms with Gasteiger partial charge >= 0.3 is 5.97 Å². The van der Waals surface area contributed by atoms with Gasteiger partial charge in [0, 0.05) is 18.8 Å². The first-order valence-electron chi connectivity index (χ1n) is 7.54. The number of ether oxygens (including phenoxy) is 1. The molecule has 1 saturated heterocycles. The van der Waals surface area contributed by atoms with Gasteiger partial charge in [-0.2, -0.15) is 0 Å². The van der Waals surface area contributed by atoms with Crippen LogP contribution in [0.15, 0.2) is 18.2 Å². The van der Waals surface area contributed by atoms with E-state index < -0.39 is 17.9 Å². The second kappa shape index (κ2) is 7.24. The molecule has 1 aliphatic rings. The summed E-state index contributed by atoms with van der Waals surface area (Å²) < 4.78 is 18.2. The van der Waals surface area contributed by atoms with E-state index in [1.54, 1.807) is 11.8 Å². The molecule has 1 amide bonds. The van der Waals surface area contributed by atoms with E-state index in [1.165, 1.54) is 6.07 Å². The second-order valence-electron chi connectivity index (χ2n) is 5.52. The standard InChI is InChI=1S/C16H21FN2O3/c1-11(15(20)19-8-4-2-3-5-9-19)22-16(21)13-7-6-12(17)10-14(13)18/h6-7,10-11H,2-5,8-9,18H2,1H3. The first kappa shape index (κ1) is 16.3. The van der Waals surface area contributed by atoms with Crippen LogP contribution in [0.3, 0.4) is 0 Å². The molecule has 0 aliphatic carbocycles. The zero-order valence-corrected chi connectivity index (χ0v) is 12.7. The average Bonchev–Trinajstić information content (AvgIpc) is 2.75. The number of nitrogen functional groups attached to an aromatic ring is 1. The summed E-state index contributed by atoms with van der Waals surface area (Å²) in [6.07, 6.45) is 3.29. The number of rotatable bonds is 3. The number of anilines is 1. The van der Waals surface area contributed by atoms with Crippen molar-refractivity contribution < 1.29 is 18.7 Å². The Morgan fingerprint density at radius 1 is 1.23 bits per heavy atom. The molecule has 120 valence electrons. The minimum Gasteiger partial charge on any atom is -0.449 e. The minimum absolute atomic E-state index is 0.000536. The molecule has 22 heavy (non-hydrogen) atoms. The van der Waals surface area contributed by atoms with Gasteiger partial charge in [-0.05, 0) is 38.0 Å². The third-order valence-electron chi connectivity index (χ3n) is 3.78. The Morgan fingerprint density at radius 2 is 1.86 bits per heavy atom. The fourth-order valence-corrected chi connectivity index (χ4v) is 2.54. The normalized spacial score (nSPS) is 16.7. The van der Waals surface area contributed by atoms with Crippen LogP contribution >= 0.6 is 0 Å². The summed E-state index contributed by atoms with van der Waals surface area (Å²) in [4.78, 5) is 26.1. The summed E-state index contributed by atoms with van der Waals surface area (Å²) in [6.45, 7) is 2.93. The van der Waals surface area contributed by atoms with Crippen molar-refractivity contribution in [2.24, 2.45) is 0 Å². The van der Waals surface area contributed by atoms with Crippen molar-refractivity contribution in [1.29, 1.82) is 0 Å². The van der Waals surface area contributed by atoms with Crippen LogP contribution in [0.5, 0.6) is 0 Å². The van der Waals surface area contributed by atoms with E-state index in [2.05, 4.69) is 0 Å². The van der Waals surface area contributed by atoms with Crippen LogP contribution in [0.25, 0.3) is 0 Å². The summed E-state index contributed by atoms with van der Waals surface area (Å²) >= 11 is 0. The lowest BCUT2D eigenvalue weighted by atomic mass is 10.2. The summed E-state index contributed by atoms with van der Waals surface area (Å²) in [6, 6.07) is 3.45. The van der Waals surface area contributed by atoms with Crippen molar-refractivity contribution >= 4 is 17.6 Å². The minimum atomic E-state index is -0.880. The molecule has 1 fully saturated rings. The third kappa shape index (κ3) is 3.96. The van der Waals surface area contributed by atoms with Crippen molar-refractivity contribution in [3.05, 3.63) is 29.6 Å². The van der Waals surface area contributed by atoms with Crippen LogP contribution in [-0.4, -0.2) is 36.0 Å². The van der Waals surface area contributed by atoms with E-state index in [-0.39, 0.29) is 17.2 Å². The maximum absolute atomic E-state index is 13.0. The Hall–Kier alpha value is -2.11. The number of nitrogens with zero attached hydrogens (tertiary/aromatic N) is 1. The lowest BCUT2D eigenvalue weighted by Crippen LogP contribution is -2.40. The third-order valence-corrected chi connectivity index (χ3v) is 3.78. The van der Waals surface area contributed by atoms with Crippen LogP contribution in [-0.2, 0) is 9.53 Å². The molecule has 2 rings (SSSR count). The van der Waals surface area contributed by atoms with E-state index in [1.807, 2.05) is 0 Å². The Bertz CT molecular complexity index is 554. The molecule has 0 saturated carbocycles. The van der Waals surface area contributed by atoms with Crippen molar-refractivity contribution in [3.63, 3.8) is 0 Å². The van der Waals surface area contributed by atoms with Gasteiger partial charge in [0.25, 0.3) is 5.91 Å². The smallest absolute Gasteiger partial charge is 0.341 e. The van der Waals surface area contributed by atoms with Crippen LogP contribution in [0.1, 0.15) is 43.0 Å². The van der Waals surface area contributed by atoms with Crippen LogP contribution in [0, 0.1) is 5.82 Å². The first-order valence-corrected chi connectivity index (χ1v) is 7.54. The number of hydrogen-bond acceptors (Lipinski definition) is 4. The Morgan fingerprint density at radius 3 is 2.45 bits per heavy atom. The highest BCUT2D eigenvalue weighted by Crippen LogP contribution is 2.17. The average molecular weight is 308 g/mol. The molecule has 1 aromatic rings. The molecule has 1 heterocycles. The van der Waals surface area contributed by atoms with Gasteiger partial charge in [-0.1, -0.05) is 12.8 Å². The molecule has 5 nitrogen and oxygen atoms in total. The molecule has 1 unspecified atom stereocenters. The molecule has 6 heteroatoms. The van der Waals surface area contributed by atoms with E-state index in [9.17, 15) is 14.0 Å². The predicted molar refractivity (Wildman–Crippen MR) is 80.7 cm³/mol. The van der Waals surface area contributed by atoms with Gasteiger partial charge in [0.15, 0.2) is 6.10 Å². The molecule has 1 atom stereocenters. The van der Waals surface area contributed by atoms with E-state index in [0.717, 1.165) is 37.8 Å². The zero-order valence-electron chi connectivity index (χ0n) is 12.7. The van der Waals surface area contributed by atoms with Crippen LogP contribution in [0.4, 0.5) is 10.1 Å². The Balaban J connectivity index is 1.99. The molecule has 1 aromatic carbocycles. The highest BCUT2D eigenvalue weighted by atomic mass is 19.1. The molecule has 0 aromatic heterocycles. The topological polar surface area (TPSA) is 72.6 Å². The number of nitrogens with two attached hydrogens (primary N) is 1. The molecule has 1 aliphatic heterocycles. The molecular weight excluding hydrogens is 287 g/mol. The van der Waals surface area contributed by atoms with Gasteiger partial charge in [0.2, 0.25) is 0 Å². The maximum Gasteiger partial charge on any atom is 0.341 e. The highest BCUT2D eigenvalue weighted by Gasteiger charge is 2.25.